The molecule has 1 aromatic heterocycles. The zero-order chi connectivity index (χ0) is 10.7. The third kappa shape index (κ3) is 2.17. The number of hydrogen-bond donors (Lipinski definition) is 0. The quantitative estimate of drug-likeness (QED) is 0.691. The van der Waals surface area contributed by atoms with Crippen LogP contribution >= 0.6 is 0 Å². The lowest BCUT2D eigenvalue weighted by molar-refractivity contribution is 0.520. The van der Waals surface area contributed by atoms with Crippen LogP contribution in [0.5, 0.6) is 0 Å². The lowest BCUT2D eigenvalue weighted by atomic mass is 10.2. The van der Waals surface area contributed by atoms with E-state index in [0.717, 1.165) is 18.7 Å². The van der Waals surface area contributed by atoms with Gasteiger partial charge in [-0.25, -0.2) is 4.68 Å². The van der Waals surface area contributed by atoms with Gasteiger partial charge in [-0.15, -0.1) is 5.10 Å². The van der Waals surface area contributed by atoms with Crippen molar-refractivity contribution in [3.05, 3.63) is 11.4 Å². The molecule has 0 bridgehead atoms. The summed E-state index contributed by atoms with van der Waals surface area (Å²) in [5, 5.41) is 16.9. The largest absolute Gasteiger partial charge is 0.248 e. The summed E-state index contributed by atoms with van der Waals surface area (Å²) in [6, 6.07) is 2.13. The highest BCUT2D eigenvalue weighted by atomic mass is 15.4. The number of aryl methyl sites for hydroxylation is 1. The monoisotopic (exact) mass is 204 g/mol. The number of hydrogen-bond acceptors (Lipinski definition) is 3. The summed E-state index contributed by atoms with van der Waals surface area (Å²) in [6.45, 7) is 3.10. The van der Waals surface area contributed by atoms with E-state index in [1.165, 1.54) is 25.7 Å². The molecule has 0 saturated heterocycles. The molecule has 15 heavy (non-hydrogen) atoms. The highest BCUT2D eigenvalue weighted by molar-refractivity contribution is 5.30. The summed E-state index contributed by atoms with van der Waals surface area (Å²) in [5.74, 6) is 0.552. The van der Waals surface area contributed by atoms with Crippen LogP contribution in [0.4, 0.5) is 0 Å². The first-order valence-corrected chi connectivity index (χ1v) is 5.70. The molecular weight excluding hydrogens is 188 g/mol. The fourth-order valence-corrected chi connectivity index (χ4v) is 1.84. The van der Waals surface area contributed by atoms with Crippen LogP contribution in [-0.2, 0) is 6.54 Å². The normalized spacial score (nSPS) is 15.2. The van der Waals surface area contributed by atoms with Crippen molar-refractivity contribution in [3.8, 4) is 6.07 Å². The van der Waals surface area contributed by atoms with E-state index in [9.17, 15) is 0 Å². The maximum atomic E-state index is 8.91. The topological polar surface area (TPSA) is 54.5 Å². The Morgan fingerprint density at radius 2 is 2.27 bits per heavy atom. The van der Waals surface area contributed by atoms with Crippen molar-refractivity contribution in [1.29, 1.82) is 5.26 Å². The van der Waals surface area contributed by atoms with Crippen LogP contribution in [0.25, 0.3) is 0 Å². The predicted molar refractivity (Wildman–Crippen MR) is 56.2 cm³/mol. The number of rotatable bonds is 5. The fourth-order valence-electron chi connectivity index (χ4n) is 1.84. The molecule has 0 N–H and O–H groups in total. The number of aromatic nitrogens is 3. The molecule has 80 valence electrons. The van der Waals surface area contributed by atoms with Gasteiger partial charge in [0.2, 0.25) is 0 Å². The van der Waals surface area contributed by atoms with Gasteiger partial charge in [0.15, 0.2) is 5.69 Å². The van der Waals surface area contributed by atoms with Crippen molar-refractivity contribution in [2.45, 2.75) is 51.5 Å². The Morgan fingerprint density at radius 1 is 1.47 bits per heavy atom. The van der Waals surface area contributed by atoms with Gasteiger partial charge in [0, 0.05) is 12.5 Å². The van der Waals surface area contributed by atoms with E-state index >= 15 is 0 Å². The highest BCUT2D eigenvalue weighted by Gasteiger charge is 2.31. The average Bonchev–Trinajstić information content (AvgIpc) is 3.00. The molecule has 0 spiro atoms. The smallest absolute Gasteiger partial charge is 0.186 e. The van der Waals surface area contributed by atoms with Gasteiger partial charge in [0.05, 0.1) is 5.69 Å². The Hall–Kier alpha value is -1.37. The Labute approximate surface area is 89.9 Å². The first-order chi connectivity index (χ1) is 7.36. The first-order valence-electron chi connectivity index (χ1n) is 5.70. The number of nitrogens with zero attached hydrogens (tertiary/aromatic N) is 4. The molecule has 0 atom stereocenters. The molecule has 1 fully saturated rings. The van der Waals surface area contributed by atoms with Crippen molar-refractivity contribution in [1.82, 2.24) is 15.0 Å². The van der Waals surface area contributed by atoms with Gasteiger partial charge in [-0.2, -0.15) is 5.26 Å². The fraction of sp³-hybridized carbons (Fsp3) is 0.727. The maximum Gasteiger partial charge on any atom is 0.186 e. The minimum absolute atomic E-state index is 0.536. The molecule has 0 radical (unpaired) electrons. The molecule has 0 amide bonds. The summed E-state index contributed by atoms with van der Waals surface area (Å²) < 4.78 is 1.94. The van der Waals surface area contributed by atoms with E-state index in [1.54, 1.807) is 0 Å². The number of unbranched alkanes of at least 4 members (excludes halogenated alkanes) is 2. The zero-order valence-corrected chi connectivity index (χ0v) is 9.11. The van der Waals surface area contributed by atoms with Crippen molar-refractivity contribution in [3.63, 3.8) is 0 Å². The molecular formula is C11H16N4. The Balaban J connectivity index is 2.09. The van der Waals surface area contributed by atoms with Crippen molar-refractivity contribution < 1.29 is 0 Å². The van der Waals surface area contributed by atoms with E-state index in [1.807, 2.05) is 4.68 Å². The minimum Gasteiger partial charge on any atom is -0.248 e. The highest BCUT2D eigenvalue weighted by Crippen LogP contribution is 2.41. The Morgan fingerprint density at radius 3 is 2.87 bits per heavy atom. The molecule has 2 rings (SSSR count). The molecule has 1 aromatic rings. The van der Waals surface area contributed by atoms with Gasteiger partial charge in [-0.3, -0.25) is 0 Å². The second-order valence-corrected chi connectivity index (χ2v) is 4.14. The average molecular weight is 204 g/mol. The summed E-state index contributed by atoms with van der Waals surface area (Å²) in [7, 11) is 0. The first kappa shape index (κ1) is 10.2. The van der Waals surface area contributed by atoms with Crippen LogP contribution in [0.3, 0.4) is 0 Å². The van der Waals surface area contributed by atoms with E-state index in [2.05, 4.69) is 23.3 Å². The second-order valence-electron chi connectivity index (χ2n) is 4.14. The molecule has 1 aliphatic rings. The van der Waals surface area contributed by atoms with Crippen molar-refractivity contribution >= 4 is 0 Å². The predicted octanol–water partition coefficient (Wildman–Crippen LogP) is 2.22. The van der Waals surface area contributed by atoms with Crippen LogP contribution in [-0.4, -0.2) is 15.0 Å². The van der Waals surface area contributed by atoms with Crippen LogP contribution < -0.4 is 0 Å². The lowest BCUT2D eigenvalue weighted by Gasteiger charge is -2.04. The lowest BCUT2D eigenvalue weighted by Crippen LogP contribution is -2.05. The minimum atomic E-state index is 0.536. The van der Waals surface area contributed by atoms with Crippen LogP contribution in [0.2, 0.25) is 0 Å². The standard InChI is InChI=1S/C11H16N4/c1-2-3-4-7-15-11(9-5-6-9)10(8-12)13-14-15/h9H,2-7H2,1H3. The summed E-state index contributed by atoms with van der Waals surface area (Å²) in [4.78, 5) is 0. The van der Waals surface area contributed by atoms with Crippen LogP contribution in [0, 0.1) is 11.3 Å². The summed E-state index contributed by atoms with van der Waals surface area (Å²) in [5.41, 5.74) is 1.61. The van der Waals surface area contributed by atoms with Gasteiger partial charge in [-0.05, 0) is 19.3 Å². The van der Waals surface area contributed by atoms with Gasteiger partial charge >= 0.3 is 0 Å². The second kappa shape index (κ2) is 4.43. The Kier molecular flexibility index (Phi) is 3.00. The molecule has 1 saturated carbocycles. The third-order valence-electron chi connectivity index (χ3n) is 2.82. The summed E-state index contributed by atoms with van der Waals surface area (Å²) in [6.07, 6.45) is 5.93. The van der Waals surface area contributed by atoms with E-state index in [4.69, 9.17) is 5.26 Å². The van der Waals surface area contributed by atoms with Crippen LogP contribution in [0.15, 0.2) is 0 Å². The van der Waals surface area contributed by atoms with Crippen molar-refractivity contribution in [2.75, 3.05) is 0 Å². The number of nitriles is 1. The maximum absolute atomic E-state index is 8.91. The van der Waals surface area contributed by atoms with E-state index < -0.39 is 0 Å². The van der Waals surface area contributed by atoms with Gasteiger partial charge in [0.1, 0.15) is 6.07 Å². The molecule has 4 nitrogen and oxygen atoms in total. The van der Waals surface area contributed by atoms with Gasteiger partial charge < -0.3 is 0 Å². The molecule has 0 aliphatic heterocycles. The molecule has 0 unspecified atom stereocenters. The van der Waals surface area contributed by atoms with E-state index in [0.29, 0.717) is 11.6 Å². The molecule has 0 aromatic carbocycles. The van der Waals surface area contributed by atoms with Crippen LogP contribution in [0.1, 0.15) is 56.3 Å². The molecule has 1 heterocycles. The third-order valence-corrected chi connectivity index (χ3v) is 2.82. The van der Waals surface area contributed by atoms with Crippen molar-refractivity contribution in [2.24, 2.45) is 0 Å². The van der Waals surface area contributed by atoms with E-state index in [-0.39, 0.29) is 0 Å². The van der Waals surface area contributed by atoms with Gasteiger partial charge in [0.25, 0.3) is 0 Å². The zero-order valence-electron chi connectivity index (χ0n) is 9.11. The Bertz CT molecular complexity index is 370. The SMILES string of the molecule is CCCCCn1nnc(C#N)c1C1CC1. The summed E-state index contributed by atoms with van der Waals surface area (Å²) >= 11 is 0. The molecule has 4 heteroatoms. The molecule has 1 aliphatic carbocycles. The van der Waals surface area contributed by atoms with Gasteiger partial charge in [-0.1, -0.05) is 25.0 Å².